The smallest absolute Gasteiger partial charge is 0.340 e. The summed E-state index contributed by atoms with van der Waals surface area (Å²) < 4.78 is 16.2. The van der Waals surface area contributed by atoms with Gasteiger partial charge >= 0.3 is 5.97 Å². The summed E-state index contributed by atoms with van der Waals surface area (Å²) in [5, 5.41) is 2.79. The molecule has 1 heterocycles. The summed E-state index contributed by atoms with van der Waals surface area (Å²) in [6.07, 6.45) is 0. The van der Waals surface area contributed by atoms with Crippen LogP contribution in [0.3, 0.4) is 0 Å². The van der Waals surface area contributed by atoms with Crippen LogP contribution in [0, 0.1) is 13.8 Å². The van der Waals surface area contributed by atoms with Gasteiger partial charge in [0, 0.05) is 18.8 Å². The molecule has 1 aliphatic heterocycles. The second-order valence-electron chi connectivity index (χ2n) is 7.21. The highest BCUT2D eigenvalue weighted by atomic mass is 16.5. The maximum absolute atomic E-state index is 12.5. The summed E-state index contributed by atoms with van der Waals surface area (Å²) in [5.41, 5.74) is 3.86. The lowest BCUT2D eigenvalue weighted by Crippen LogP contribution is -2.37. The van der Waals surface area contributed by atoms with Crippen LogP contribution in [-0.4, -0.2) is 51.4 Å². The van der Waals surface area contributed by atoms with Crippen LogP contribution in [0.4, 0.5) is 11.4 Å². The molecule has 3 rings (SSSR count). The molecule has 2 aromatic rings. The zero-order valence-corrected chi connectivity index (χ0v) is 17.7. The Kier molecular flexibility index (Phi) is 7.30. The highest BCUT2D eigenvalue weighted by Gasteiger charge is 2.20. The molecular weight excluding hydrogens is 384 g/mol. The maximum atomic E-state index is 12.5. The second-order valence-corrected chi connectivity index (χ2v) is 7.21. The number of amides is 1. The van der Waals surface area contributed by atoms with E-state index < -0.39 is 5.97 Å². The number of carbonyl (C=O) groups excluding carboxylic acids is 2. The Labute approximate surface area is 176 Å². The van der Waals surface area contributed by atoms with Gasteiger partial charge < -0.3 is 24.4 Å². The Morgan fingerprint density at radius 3 is 2.43 bits per heavy atom. The molecule has 0 atom stereocenters. The van der Waals surface area contributed by atoms with Crippen LogP contribution in [0.5, 0.6) is 5.75 Å². The Hall–Kier alpha value is -3.06. The van der Waals surface area contributed by atoms with E-state index in [1.54, 1.807) is 19.1 Å². The molecule has 0 radical (unpaired) electrons. The first-order chi connectivity index (χ1) is 14.5. The van der Waals surface area contributed by atoms with Crippen LogP contribution in [0.1, 0.15) is 28.4 Å². The second kappa shape index (κ2) is 10.1. The van der Waals surface area contributed by atoms with Crippen molar-refractivity contribution in [1.29, 1.82) is 0 Å². The largest absolute Gasteiger partial charge is 0.484 e. The fourth-order valence-corrected chi connectivity index (χ4v) is 3.43. The maximum Gasteiger partial charge on any atom is 0.340 e. The molecule has 2 aromatic carbocycles. The van der Waals surface area contributed by atoms with Gasteiger partial charge in [0.15, 0.2) is 6.61 Å². The zero-order valence-electron chi connectivity index (χ0n) is 17.7. The standard InChI is InChI=1S/C23H28N2O5/c1-4-29-23(27)20-14-18(5-6-21(20)25-7-9-28-10-8-25)24-22(26)15-30-19-12-16(2)11-17(3)13-19/h5-6,11-14H,4,7-10,15H2,1-3H3,(H,24,26). The molecule has 0 aromatic heterocycles. The third kappa shape index (κ3) is 5.73. The van der Waals surface area contributed by atoms with Gasteiger partial charge in [-0.25, -0.2) is 4.79 Å². The Morgan fingerprint density at radius 1 is 1.07 bits per heavy atom. The molecule has 0 unspecified atom stereocenters. The van der Waals surface area contributed by atoms with Gasteiger partial charge in [-0.3, -0.25) is 4.79 Å². The van der Waals surface area contributed by atoms with Crippen LogP contribution < -0.4 is 15.0 Å². The normalized spacial score (nSPS) is 13.6. The van der Waals surface area contributed by atoms with Crippen molar-refractivity contribution in [3.8, 4) is 5.75 Å². The number of aryl methyl sites for hydroxylation is 2. The van der Waals surface area contributed by atoms with Gasteiger partial charge in [0.1, 0.15) is 5.75 Å². The average molecular weight is 412 g/mol. The Bertz CT molecular complexity index is 886. The lowest BCUT2D eigenvalue weighted by Gasteiger charge is -2.30. The molecule has 1 amide bonds. The monoisotopic (exact) mass is 412 g/mol. The molecule has 1 saturated heterocycles. The number of rotatable bonds is 7. The summed E-state index contributed by atoms with van der Waals surface area (Å²) >= 11 is 0. The van der Waals surface area contributed by atoms with Crippen LogP contribution in [0.15, 0.2) is 36.4 Å². The number of benzene rings is 2. The predicted octanol–water partition coefficient (Wildman–Crippen LogP) is 3.33. The fourth-order valence-electron chi connectivity index (χ4n) is 3.43. The van der Waals surface area contributed by atoms with Crippen molar-refractivity contribution >= 4 is 23.3 Å². The van der Waals surface area contributed by atoms with E-state index in [-0.39, 0.29) is 19.1 Å². The number of nitrogens with zero attached hydrogens (tertiary/aromatic N) is 1. The van der Waals surface area contributed by atoms with E-state index in [1.165, 1.54) is 0 Å². The van der Waals surface area contributed by atoms with Crippen molar-refractivity contribution in [3.63, 3.8) is 0 Å². The summed E-state index contributed by atoms with van der Waals surface area (Å²) in [6.45, 7) is 8.49. The lowest BCUT2D eigenvalue weighted by atomic mass is 10.1. The third-order valence-corrected chi connectivity index (χ3v) is 4.69. The van der Waals surface area contributed by atoms with Crippen molar-refractivity contribution < 1.29 is 23.8 Å². The molecule has 7 nitrogen and oxygen atoms in total. The van der Waals surface area contributed by atoms with Gasteiger partial charge in [-0.15, -0.1) is 0 Å². The summed E-state index contributed by atoms with van der Waals surface area (Å²) in [7, 11) is 0. The van der Waals surface area contributed by atoms with Gasteiger partial charge in [0.2, 0.25) is 0 Å². The first kappa shape index (κ1) is 21.6. The molecule has 0 saturated carbocycles. The first-order valence-electron chi connectivity index (χ1n) is 10.1. The molecule has 7 heteroatoms. The van der Waals surface area contributed by atoms with Crippen LogP contribution in [-0.2, 0) is 14.3 Å². The summed E-state index contributed by atoms with van der Waals surface area (Å²) in [4.78, 5) is 27.0. The van der Waals surface area contributed by atoms with E-state index >= 15 is 0 Å². The minimum atomic E-state index is -0.415. The number of morpholine rings is 1. The summed E-state index contributed by atoms with van der Waals surface area (Å²) in [5.74, 6) is -0.0674. The number of ether oxygens (including phenoxy) is 3. The van der Waals surface area contributed by atoms with Crippen LogP contribution >= 0.6 is 0 Å². The Morgan fingerprint density at radius 2 is 1.77 bits per heavy atom. The minimum Gasteiger partial charge on any atom is -0.484 e. The molecule has 1 fully saturated rings. The van der Waals surface area contributed by atoms with E-state index in [2.05, 4.69) is 10.2 Å². The first-order valence-corrected chi connectivity index (χ1v) is 10.1. The number of carbonyl (C=O) groups is 2. The molecule has 0 spiro atoms. The van der Waals surface area contributed by atoms with Crippen molar-refractivity contribution in [1.82, 2.24) is 0 Å². The molecule has 0 aliphatic carbocycles. The van der Waals surface area contributed by atoms with Crippen LogP contribution in [0.25, 0.3) is 0 Å². The topological polar surface area (TPSA) is 77.1 Å². The van der Waals surface area contributed by atoms with Crippen molar-refractivity contribution in [2.24, 2.45) is 0 Å². The number of esters is 1. The number of nitrogens with one attached hydrogen (secondary N) is 1. The van der Waals surface area contributed by atoms with Crippen LogP contribution in [0.2, 0.25) is 0 Å². The van der Waals surface area contributed by atoms with Gasteiger partial charge in [-0.05, 0) is 62.2 Å². The van der Waals surface area contributed by atoms with Gasteiger partial charge in [0.25, 0.3) is 5.91 Å². The predicted molar refractivity (Wildman–Crippen MR) is 115 cm³/mol. The Balaban J connectivity index is 1.70. The fraction of sp³-hybridized carbons (Fsp3) is 0.391. The van der Waals surface area contributed by atoms with E-state index in [9.17, 15) is 9.59 Å². The molecule has 0 bridgehead atoms. The highest BCUT2D eigenvalue weighted by molar-refractivity contribution is 5.99. The summed E-state index contributed by atoms with van der Waals surface area (Å²) in [6, 6.07) is 11.1. The molecular formula is C23H28N2O5. The molecule has 30 heavy (non-hydrogen) atoms. The third-order valence-electron chi connectivity index (χ3n) is 4.69. The lowest BCUT2D eigenvalue weighted by molar-refractivity contribution is -0.118. The SMILES string of the molecule is CCOC(=O)c1cc(NC(=O)COc2cc(C)cc(C)c2)ccc1N1CCOCC1. The van der Waals surface area contributed by atoms with Crippen molar-refractivity contribution in [3.05, 3.63) is 53.1 Å². The van der Waals surface area contributed by atoms with E-state index in [4.69, 9.17) is 14.2 Å². The van der Waals surface area contributed by atoms with Crippen molar-refractivity contribution in [2.75, 3.05) is 49.7 Å². The van der Waals surface area contributed by atoms with E-state index in [0.29, 0.717) is 43.3 Å². The number of anilines is 2. The van der Waals surface area contributed by atoms with Gasteiger partial charge in [0.05, 0.1) is 31.1 Å². The van der Waals surface area contributed by atoms with E-state index in [0.717, 1.165) is 16.8 Å². The molecule has 1 N–H and O–H groups in total. The van der Waals surface area contributed by atoms with Gasteiger partial charge in [-0.1, -0.05) is 6.07 Å². The number of hydrogen-bond acceptors (Lipinski definition) is 6. The minimum absolute atomic E-state index is 0.122. The van der Waals surface area contributed by atoms with Gasteiger partial charge in [-0.2, -0.15) is 0 Å². The molecule has 160 valence electrons. The quantitative estimate of drug-likeness (QED) is 0.703. The van der Waals surface area contributed by atoms with Crippen molar-refractivity contribution in [2.45, 2.75) is 20.8 Å². The number of hydrogen-bond donors (Lipinski definition) is 1. The zero-order chi connectivity index (χ0) is 21.5. The molecule has 1 aliphatic rings. The average Bonchev–Trinajstić information content (AvgIpc) is 2.72. The highest BCUT2D eigenvalue weighted by Crippen LogP contribution is 2.26. The van der Waals surface area contributed by atoms with E-state index in [1.807, 2.05) is 38.1 Å².